The van der Waals surface area contributed by atoms with Crippen molar-refractivity contribution >= 4 is 34.8 Å². The summed E-state index contributed by atoms with van der Waals surface area (Å²) in [5, 5.41) is 5.05. The van der Waals surface area contributed by atoms with Crippen LogP contribution in [0.25, 0.3) is 11.1 Å². The van der Waals surface area contributed by atoms with Crippen LogP contribution in [0.2, 0.25) is 0 Å². The number of imide groups is 1. The van der Waals surface area contributed by atoms with Crippen LogP contribution in [-0.2, 0) is 16.9 Å². The van der Waals surface area contributed by atoms with E-state index in [0.29, 0.717) is 29.0 Å². The first-order valence-electron chi connectivity index (χ1n) is 13.4. The number of aromatic nitrogens is 1. The lowest BCUT2D eigenvalue weighted by Crippen LogP contribution is -2.52. The van der Waals surface area contributed by atoms with Crippen LogP contribution in [-0.4, -0.2) is 105 Å². The first kappa shape index (κ1) is 26.1. The maximum atomic E-state index is 13.3. The molecule has 40 heavy (non-hydrogen) atoms. The maximum absolute atomic E-state index is 13.3. The highest BCUT2D eigenvalue weighted by molar-refractivity contribution is 6.08. The Balaban J connectivity index is 1.24. The van der Waals surface area contributed by atoms with E-state index in [1.165, 1.54) is 4.90 Å². The van der Waals surface area contributed by atoms with Crippen molar-refractivity contribution in [2.45, 2.75) is 12.1 Å². The molecule has 1 atom stereocenters. The predicted octanol–water partition coefficient (Wildman–Crippen LogP) is 1.21. The number of carbonyl (C=O) groups excluding carboxylic acids is 3. The molecule has 3 aromatic rings. The number of ether oxygens (including phenoxy) is 1. The molecule has 3 aliphatic rings. The number of benzene rings is 1. The van der Waals surface area contributed by atoms with Gasteiger partial charge in [0, 0.05) is 57.4 Å². The number of anilines is 1. The van der Waals surface area contributed by atoms with Crippen molar-refractivity contribution in [1.82, 2.24) is 30.3 Å². The molecule has 5 heterocycles. The first-order chi connectivity index (χ1) is 19.3. The Morgan fingerprint density at radius 2 is 1.88 bits per heavy atom. The lowest BCUT2D eigenvalue weighted by molar-refractivity contribution is -0.125. The molecule has 1 unspecified atom stereocenters. The zero-order valence-electron chi connectivity index (χ0n) is 22.9. The standard InChI is InChI=1S/C28H33N7O5/c1-32(2)8-9-33-10-12-34(13-11-33)24-7-6-22-21(29-24)15-23(40-22)28(26(37)30-27(38)31-28)17-35-16-18-4-5-19(39-3)14-20(18)25(35)36/h4-7,14-15H,8-13,16-17H2,1-3H3,(H2,30,31,37,38). The summed E-state index contributed by atoms with van der Waals surface area (Å²) in [5.74, 6) is 0.811. The van der Waals surface area contributed by atoms with Crippen molar-refractivity contribution in [3.05, 3.63) is 53.3 Å². The lowest BCUT2D eigenvalue weighted by Gasteiger charge is -2.35. The quantitative estimate of drug-likeness (QED) is 0.401. The van der Waals surface area contributed by atoms with Crippen molar-refractivity contribution < 1.29 is 23.5 Å². The van der Waals surface area contributed by atoms with E-state index in [9.17, 15) is 14.4 Å². The molecule has 12 heteroatoms. The van der Waals surface area contributed by atoms with Gasteiger partial charge in [-0.05, 0) is 43.9 Å². The van der Waals surface area contributed by atoms with E-state index >= 15 is 0 Å². The Hall–Kier alpha value is -4.16. The number of urea groups is 1. The van der Waals surface area contributed by atoms with E-state index in [2.05, 4.69) is 39.4 Å². The van der Waals surface area contributed by atoms with Crippen LogP contribution in [0.5, 0.6) is 5.75 Å². The number of pyridine rings is 1. The third kappa shape index (κ3) is 4.62. The number of furan rings is 1. The van der Waals surface area contributed by atoms with E-state index in [1.807, 2.05) is 18.2 Å². The third-order valence-corrected chi connectivity index (χ3v) is 7.90. The van der Waals surface area contributed by atoms with Crippen molar-refractivity contribution in [1.29, 1.82) is 0 Å². The Bertz CT molecular complexity index is 1480. The van der Waals surface area contributed by atoms with Gasteiger partial charge in [-0.25, -0.2) is 9.78 Å². The van der Waals surface area contributed by atoms with E-state index in [0.717, 1.165) is 50.6 Å². The second-order valence-corrected chi connectivity index (χ2v) is 10.8. The summed E-state index contributed by atoms with van der Waals surface area (Å²) in [6.07, 6.45) is 0. The van der Waals surface area contributed by atoms with Gasteiger partial charge in [-0.2, -0.15) is 0 Å². The van der Waals surface area contributed by atoms with Gasteiger partial charge in [-0.3, -0.25) is 19.8 Å². The van der Waals surface area contributed by atoms with Gasteiger partial charge in [0.2, 0.25) is 0 Å². The molecule has 2 fully saturated rings. The van der Waals surface area contributed by atoms with Crippen LogP contribution in [0.4, 0.5) is 10.6 Å². The van der Waals surface area contributed by atoms with Crippen LogP contribution < -0.4 is 20.3 Å². The second kappa shape index (κ2) is 10.1. The van der Waals surface area contributed by atoms with Crippen molar-refractivity contribution in [2.24, 2.45) is 0 Å². The third-order valence-electron chi connectivity index (χ3n) is 7.90. The number of nitrogens with one attached hydrogen (secondary N) is 2. The summed E-state index contributed by atoms with van der Waals surface area (Å²) in [5.41, 5.74) is 0.826. The highest BCUT2D eigenvalue weighted by Crippen LogP contribution is 2.35. The second-order valence-electron chi connectivity index (χ2n) is 10.8. The van der Waals surface area contributed by atoms with E-state index < -0.39 is 17.5 Å². The SMILES string of the molecule is COc1ccc2c(c1)C(=O)N(CC1(c3cc4nc(N5CCN(CCN(C)C)CC5)ccc4o3)NC(=O)NC1=O)C2. The Morgan fingerprint density at radius 1 is 1.07 bits per heavy atom. The van der Waals surface area contributed by atoms with Crippen LogP contribution in [0.1, 0.15) is 21.7 Å². The number of hydrogen-bond acceptors (Lipinski definition) is 9. The average molecular weight is 548 g/mol. The van der Waals surface area contributed by atoms with Crippen molar-refractivity contribution in [3.8, 4) is 5.75 Å². The molecule has 3 aliphatic heterocycles. The van der Waals surface area contributed by atoms with Crippen LogP contribution in [0.3, 0.4) is 0 Å². The summed E-state index contributed by atoms with van der Waals surface area (Å²) >= 11 is 0. The number of hydrogen-bond donors (Lipinski definition) is 2. The van der Waals surface area contributed by atoms with Gasteiger partial charge < -0.3 is 29.2 Å². The molecule has 0 bridgehead atoms. The number of nitrogens with zero attached hydrogens (tertiary/aromatic N) is 5. The van der Waals surface area contributed by atoms with Gasteiger partial charge in [0.15, 0.2) is 11.1 Å². The van der Waals surface area contributed by atoms with Gasteiger partial charge in [0.25, 0.3) is 11.8 Å². The van der Waals surface area contributed by atoms with Crippen LogP contribution >= 0.6 is 0 Å². The number of methoxy groups -OCH3 is 1. The van der Waals surface area contributed by atoms with Gasteiger partial charge >= 0.3 is 6.03 Å². The monoisotopic (exact) mass is 547 g/mol. The number of carbonyl (C=O) groups is 3. The zero-order valence-corrected chi connectivity index (χ0v) is 22.9. The number of rotatable bonds is 8. The van der Waals surface area contributed by atoms with Gasteiger partial charge in [0.1, 0.15) is 22.8 Å². The van der Waals surface area contributed by atoms with Crippen molar-refractivity contribution in [3.63, 3.8) is 0 Å². The minimum absolute atomic E-state index is 0.0952. The molecule has 0 spiro atoms. The maximum Gasteiger partial charge on any atom is 0.322 e. The Morgan fingerprint density at radius 3 is 2.58 bits per heavy atom. The molecule has 2 saturated heterocycles. The summed E-state index contributed by atoms with van der Waals surface area (Å²) in [6, 6.07) is 10.1. The van der Waals surface area contributed by atoms with Gasteiger partial charge in [0.05, 0.1) is 13.7 Å². The number of fused-ring (bicyclic) bond motifs is 2. The number of amides is 4. The molecule has 2 aromatic heterocycles. The van der Waals surface area contributed by atoms with E-state index in [-0.39, 0.29) is 18.2 Å². The minimum atomic E-state index is -1.59. The molecule has 4 amide bonds. The average Bonchev–Trinajstić information content (AvgIpc) is 3.60. The molecule has 12 nitrogen and oxygen atoms in total. The molecular formula is C28H33N7O5. The largest absolute Gasteiger partial charge is 0.497 e. The summed E-state index contributed by atoms with van der Waals surface area (Å²) in [6.45, 7) is 5.90. The van der Waals surface area contributed by atoms with Crippen LogP contribution in [0, 0.1) is 0 Å². The minimum Gasteiger partial charge on any atom is -0.497 e. The lowest BCUT2D eigenvalue weighted by atomic mass is 9.95. The molecule has 0 aliphatic carbocycles. The highest BCUT2D eigenvalue weighted by atomic mass is 16.5. The Kier molecular flexibility index (Phi) is 6.59. The topological polar surface area (TPSA) is 123 Å². The molecule has 210 valence electrons. The molecule has 1 aromatic carbocycles. The first-order valence-corrected chi connectivity index (χ1v) is 13.4. The molecule has 0 radical (unpaired) electrons. The summed E-state index contributed by atoms with van der Waals surface area (Å²) < 4.78 is 11.4. The van der Waals surface area contributed by atoms with Gasteiger partial charge in [-0.1, -0.05) is 6.07 Å². The number of piperazine rings is 1. The normalized spacial score (nSPS) is 21.4. The molecule has 6 rings (SSSR count). The smallest absolute Gasteiger partial charge is 0.322 e. The predicted molar refractivity (Wildman–Crippen MR) is 147 cm³/mol. The summed E-state index contributed by atoms with van der Waals surface area (Å²) in [4.78, 5) is 52.1. The zero-order chi connectivity index (χ0) is 28.0. The fraction of sp³-hybridized carbons (Fsp3) is 0.429. The highest BCUT2D eigenvalue weighted by Gasteiger charge is 2.53. The Labute approximate surface area is 231 Å². The van der Waals surface area contributed by atoms with E-state index in [1.54, 1.807) is 25.3 Å². The molecule has 0 saturated carbocycles. The van der Waals surface area contributed by atoms with E-state index in [4.69, 9.17) is 14.1 Å². The fourth-order valence-corrected chi connectivity index (χ4v) is 5.58. The fourth-order valence-electron chi connectivity index (χ4n) is 5.58. The summed E-state index contributed by atoms with van der Waals surface area (Å²) in [7, 11) is 5.71. The molecule has 2 N–H and O–H groups in total. The number of likely N-dealkylation sites (N-methyl/N-ethyl adjacent to an activating group) is 1. The molecular weight excluding hydrogens is 514 g/mol. The van der Waals surface area contributed by atoms with Gasteiger partial charge in [-0.15, -0.1) is 0 Å². The van der Waals surface area contributed by atoms with Crippen molar-refractivity contribution in [2.75, 3.05) is 71.9 Å². The van der Waals surface area contributed by atoms with Crippen LogP contribution in [0.15, 0.2) is 40.8 Å².